The van der Waals surface area contributed by atoms with E-state index in [2.05, 4.69) is 39.5 Å². The molecule has 120 valence electrons. The number of benzene rings is 1. The highest BCUT2D eigenvalue weighted by Gasteiger charge is 2.46. The van der Waals surface area contributed by atoms with Crippen molar-refractivity contribution < 1.29 is 4.79 Å². The standard InChI is InChI=1S/C19H23N3O/c1-19(18(23)21-15-17-9-5-6-12-20-17)11-14-22(19)13-10-16-7-3-2-4-8-16/h2-9,12H,10-11,13-15H2,1H3,(H,21,23). The fraction of sp³-hybridized carbons (Fsp3) is 0.368. The van der Waals surface area contributed by atoms with Gasteiger partial charge in [0.05, 0.1) is 17.8 Å². The fourth-order valence-corrected chi connectivity index (χ4v) is 2.99. The van der Waals surface area contributed by atoms with E-state index in [4.69, 9.17) is 0 Å². The van der Waals surface area contributed by atoms with Crippen LogP contribution in [-0.2, 0) is 17.8 Å². The maximum atomic E-state index is 12.6. The molecule has 1 aliphatic heterocycles. The van der Waals surface area contributed by atoms with Crippen LogP contribution in [0.2, 0.25) is 0 Å². The van der Waals surface area contributed by atoms with Crippen molar-refractivity contribution >= 4 is 5.91 Å². The molecule has 1 aromatic carbocycles. The van der Waals surface area contributed by atoms with E-state index in [-0.39, 0.29) is 11.4 Å². The molecular weight excluding hydrogens is 286 g/mol. The summed E-state index contributed by atoms with van der Waals surface area (Å²) in [6.45, 7) is 4.43. The Morgan fingerprint density at radius 3 is 2.65 bits per heavy atom. The number of hydrogen-bond donors (Lipinski definition) is 1. The van der Waals surface area contributed by atoms with Crippen LogP contribution in [0.5, 0.6) is 0 Å². The van der Waals surface area contributed by atoms with Gasteiger partial charge in [0, 0.05) is 19.3 Å². The Hall–Kier alpha value is -2.20. The zero-order valence-electron chi connectivity index (χ0n) is 13.5. The van der Waals surface area contributed by atoms with Crippen molar-refractivity contribution in [3.63, 3.8) is 0 Å². The maximum Gasteiger partial charge on any atom is 0.240 e. The Kier molecular flexibility index (Phi) is 4.72. The predicted molar refractivity (Wildman–Crippen MR) is 90.8 cm³/mol. The van der Waals surface area contributed by atoms with Crippen LogP contribution in [0.15, 0.2) is 54.7 Å². The highest BCUT2D eigenvalue weighted by Crippen LogP contribution is 2.30. The molecule has 0 aliphatic carbocycles. The van der Waals surface area contributed by atoms with Crippen molar-refractivity contribution in [2.75, 3.05) is 13.1 Å². The minimum atomic E-state index is -0.385. The van der Waals surface area contributed by atoms with Gasteiger partial charge in [-0.2, -0.15) is 0 Å². The van der Waals surface area contributed by atoms with E-state index in [0.29, 0.717) is 6.54 Å². The highest BCUT2D eigenvalue weighted by molar-refractivity contribution is 5.86. The van der Waals surface area contributed by atoms with E-state index in [1.807, 2.05) is 31.2 Å². The lowest BCUT2D eigenvalue weighted by Gasteiger charge is -2.49. The van der Waals surface area contributed by atoms with Crippen molar-refractivity contribution in [2.45, 2.75) is 31.8 Å². The topological polar surface area (TPSA) is 45.2 Å². The minimum Gasteiger partial charge on any atom is -0.349 e. The normalized spacial score (nSPS) is 20.7. The van der Waals surface area contributed by atoms with E-state index in [9.17, 15) is 4.79 Å². The summed E-state index contributed by atoms with van der Waals surface area (Å²) >= 11 is 0. The fourth-order valence-electron chi connectivity index (χ4n) is 2.99. The summed E-state index contributed by atoms with van der Waals surface area (Å²) in [5.74, 6) is 0.0995. The molecule has 1 N–H and O–H groups in total. The summed E-state index contributed by atoms with van der Waals surface area (Å²) in [5.41, 5.74) is 1.82. The molecule has 0 radical (unpaired) electrons. The molecule has 1 amide bonds. The van der Waals surface area contributed by atoms with Crippen molar-refractivity contribution in [1.82, 2.24) is 15.2 Å². The van der Waals surface area contributed by atoms with Crippen LogP contribution in [0, 0.1) is 0 Å². The van der Waals surface area contributed by atoms with Gasteiger partial charge in [0.15, 0.2) is 0 Å². The van der Waals surface area contributed by atoms with Crippen LogP contribution in [-0.4, -0.2) is 34.4 Å². The number of carbonyl (C=O) groups excluding carboxylic acids is 1. The Labute approximate surface area is 137 Å². The van der Waals surface area contributed by atoms with Gasteiger partial charge in [-0.3, -0.25) is 14.7 Å². The molecule has 23 heavy (non-hydrogen) atoms. The Morgan fingerprint density at radius 1 is 1.22 bits per heavy atom. The molecule has 0 spiro atoms. The predicted octanol–water partition coefficient (Wildman–Crippen LogP) is 2.40. The second-order valence-electron chi connectivity index (χ2n) is 6.25. The van der Waals surface area contributed by atoms with E-state index in [1.54, 1.807) is 6.20 Å². The van der Waals surface area contributed by atoms with Gasteiger partial charge in [-0.1, -0.05) is 36.4 Å². The molecule has 2 aromatic rings. The minimum absolute atomic E-state index is 0.0995. The number of rotatable bonds is 6. The van der Waals surface area contributed by atoms with E-state index in [1.165, 1.54) is 5.56 Å². The van der Waals surface area contributed by atoms with Gasteiger partial charge in [-0.15, -0.1) is 0 Å². The van der Waals surface area contributed by atoms with Crippen LogP contribution in [0.1, 0.15) is 24.6 Å². The van der Waals surface area contributed by atoms with Gasteiger partial charge in [-0.25, -0.2) is 0 Å². The van der Waals surface area contributed by atoms with Crippen molar-refractivity contribution in [2.24, 2.45) is 0 Å². The quantitative estimate of drug-likeness (QED) is 0.891. The van der Waals surface area contributed by atoms with Gasteiger partial charge in [0.25, 0.3) is 0 Å². The molecule has 1 unspecified atom stereocenters. The SMILES string of the molecule is CC1(C(=O)NCc2ccccn2)CCN1CCc1ccccc1. The van der Waals surface area contributed by atoms with Gasteiger partial charge in [0.2, 0.25) is 5.91 Å². The van der Waals surface area contributed by atoms with E-state index < -0.39 is 0 Å². The lowest BCUT2D eigenvalue weighted by Crippen LogP contribution is -2.65. The first-order valence-corrected chi connectivity index (χ1v) is 8.16. The number of likely N-dealkylation sites (tertiary alicyclic amines) is 1. The van der Waals surface area contributed by atoms with Crippen LogP contribution >= 0.6 is 0 Å². The number of nitrogens with zero attached hydrogens (tertiary/aromatic N) is 2. The van der Waals surface area contributed by atoms with Crippen molar-refractivity contribution in [3.8, 4) is 0 Å². The third-order valence-electron chi connectivity index (χ3n) is 4.73. The molecule has 3 rings (SSSR count). The lowest BCUT2D eigenvalue weighted by atomic mass is 9.85. The Balaban J connectivity index is 1.52. The van der Waals surface area contributed by atoms with Crippen LogP contribution < -0.4 is 5.32 Å². The van der Waals surface area contributed by atoms with Gasteiger partial charge >= 0.3 is 0 Å². The Bertz CT molecular complexity index is 644. The summed E-state index contributed by atoms with van der Waals surface area (Å²) < 4.78 is 0. The smallest absolute Gasteiger partial charge is 0.240 e. The molecule has 1 atom stereocenters. The summed E-state index contributed by atoms with van der Waals surface area (Å²) in [7, 11) is 0. The van der Waals surface area contributed by atoms with Crippen molar-refractivity contribution in [1.29, 1.82) is 0 Å². The number of amides is 1. The summed E-state index contributed by atoms with van der Waals surface area (Å²) in [6, 6.07) is 16.2. The molecule has 2 heterocycles. The molecular formula is C19H23N3O. The van der Waals surface area contributed by atoms with Crippen LogP contribution in [0.4, 0.5) is 0 Å². The van der Waals surface area contributed by atoms with E-state index in [0.717, 1.165) is 31.6 Å². The maximum absolute atomic E-state index is 12.6. The zero-order valence-corrected chi connectivity index (χ0v) is 13.5. The molecule has 0 bridgehead atoms. The molecule has 1 aromatic heterocycles. The van der Waals surface area contributed by atoms with Crippen LogP contribution in [0.25, 0.3) is 0 Å². The first kappa shape index (κ1) is 15.7. The van der Waals surface area contributed by atoms with Crippen LogP contribution in [0.3, 0.4) is 0 Å². The summed E-state index contributed by atoms with van der Waals surface area (Å²) in [5, 5.41) is 3.03. The number of pyridine rings is 1. The second kappa shape index (κ2) is 6.92. The lowest BCUT2D eigenvalue weighted by molar-refractivity contribution is -0.141. The molecule has 1 saturated heterocycles. The molecule has 1 fully saturated rings. The molecule has 0 saturated carbocycles. The zero-order chi connectivity index (χ0) is 16.1. The van der Waals surface area contributed by atoms with E-state index >= 15 is 0 Å². The summed E-state index contributed by atoms with van der Waals surface area (Å²) in [4.78, 5) is 19.1. The number of hydrogen-bond acceptors (Lipinski definition) is 3. The first-order chi connectivity index (χ1) is 11.2. The number of nitrogens with one attached hydrogen (secondary N) is 1. The second-order valence-corrected chi connectivity index (χ2v) is 6.25. The first-order valence-electron chi connectivity index (χ1n) is 8.16. The number of aromatic nitrogens is 1. The average molecular weight is 309 g/mol. The number of carbonyl (C=O) groups is 1. The Morgan fingerprint density at radius 2 is 2.00 bits per heavy atom. The third kappa shape index (κ3) is 3.59. The summed E-state index contributed by atoms with van der Waals surface area (Å²) in [6.07, 6.45) is 3.64. The monoisotopic (exact) mass is 309 g/mol. The molecule has 4 nitrogen and oxygen atoms in total. The molecule has 4 heteroatoms. The molecule has 1 aliphatic rings. The van der Waals surface area contributed by atoms with Gasteiger partial charge < -0.3 is 5.32 Å². The average Bonchev–Trinajstić information content (AvgIpc) is 2.60. The highest BCUT2D eigenvalue weighted by atomic mass is 16.2. The van der Waals surface area contributed by atoms with Gasteiger partial charge in [-0.05, 0) is 37.5 Å². The third-order valence-corrected chi connectivity index (χ3v) is 4.73. The van der Waals surface area contributed by atoms with Gasteiger partial charge in [0.1, 0.15) is 0 Å². The van der Waals surface area contributed by atoms with Crippen molar-refractivity contribution in [3.05, 3.63) is 66.0 Å². The largest absolute Gasteiger partial charge is 0.349 e.